The first-order valence-electron chi connectivity index (χ1n) is 25.7. The van der Waals surface area contributed by atoms with Crippen molar-refractivity contribution in [2.75, 3.05) is 112 Å². The number of alkyl halides is 6. The largest absolute Gasteiger partial charge is 0.419 e. The molecule has 4 aromatic rings. The van der Waals surface area contributed by atoms with Crippen molar-refractivity contribution in [2.24, 2.45) is 0 Å². The van der Waals surface area contributed by atoms with E-state index in [9.17, 15) is 44.7 Å². The SMILES string of the molecule is CN(Cc1ccc(C(F)(F)F)c(F)c1)C1CN(C(=O)CN2CCN(CCC#N)CC2)CC1c1ccc(Cl)c(Cl)c1.CN(Cc1ccc(C(F)(F)F)c(F)c1)C1CN(C(=O)N2CCN(CCC#N)CC2)CC1c1ccc(Cl)c(Cl)c1. The minimum atomic E-state index is -4.76. The van der Waals surface area contributed by atoms with E-state index >= 15 is 0 Å². The number of nitrogens with zero attached hydrogens (tertiary/aromatic N) is 10. The Bertz CT molecular complexity index is 2860. The minimum absolute atomic E-state index is 0.00740. The van der Waals surface area contributed by atoms with Crippen LogP contribution >= 0.6 is 46.4 Å². The number of hydrogen-bond donors (Lipinski definition) is 0. The fourth-order valence-electron chi connectivity index (χ4n) is 10.8. The number of carbonyl (C=O) groups is 2. The van der Waals surface area contributed by atoms with Crippen LogP contribution in [-0.4, -0.2) is 175 Å². The average Bonchev–Trinajstić information content (AvgIpc) is 4.07. The Morgan fingerprint density at radius 3 is 1.35 bits per heavy atom. The van der Waals surface area contributed by atoms with Crippen molar-refractivity contribution < 1.29 is 44.7 Å². The molecule has 0 N–H and O–H groups in total. The molecule has 0 saturated carbocycles. The number of rotatable bonds is 14. The molecule has 4 atom stereocenters. The van der Waals surface area contributed by atoms with Gasteiger partial charge in [0.15, 0.2) is 0 Å². The monoisotopic (exact) mass is 1180 g/mol. The van der Waals surface area contributed by atoms with Crippen molar-refractivity contribution in [3.05, 3.63) is 138 Å². The standard InChI is InChI=1S/C28H31Cl2F4N5O.C27H29Cl2F4N5O/c1-36(15-19-3-5-22(25(31)13-19)28(32,33)34)26-17-39(16-21(26)20-4-6-23(29)24(30)14-20)27(40)18-38-11-9-37(10-12-38)8-2-7-35;1-35(15-18-3-5-21(24(30)13-18)27(31,32)33)25-17-38(16-20(25)19-4-6-22(28)23(29)14-19)26(39)37-11-9-36(10-12-37)8-2-7-34/h3-6,13-14,21,26H,2,8-12,15-18H2,1H3;3-6,13-14,20,25H,2,8-12,15-17H2,1H3. The highest BCUT2D eigenvalue weighted by Gasteiger charge is 2.42. The number of benzene rings is 4. The van der Waals surface area contributed by atoms with Crippen molar-refractivity contribution in [1.82, 2.24) is 39.2 Å². The number of nitriles is 2. The Morgan fingerprint density at radius 2 is 0.949 bits per heavy atom. The van der Waals surface area contributed by atoms with Crippen molar-refractivity contribution in [2.45, 2.75) is 62.2 Å². The van der Waals surface area contributed by atoms with E-state index in [0.29, 0.717) is 103 Å². The lowest BCUT2D eigenvalue weighted by Crippen LogP contribution is -2.52. The first-order chi connectivity index (χ1) is 37.4. The Morgan fingerprint density at radius 1 is 0.544 bits per heavy atom. The summed E-state index contributed by atoms with van der Waals surface area (Å²) in [5, 5.41) is 19.2. The quantitative estimate of drug-likeness (QED) is 0.114. The molecule has 79 heavy (non-hydrogen) atoms. The Hall–Kier alpha value is -5.00. The van der Waals surface area contributed by atoms with Crippen LogP contribution in [0.5, 0.6) is 0 Å². The molecule has 0 aromatic heterocycles. The highest BCUT2D eigenvalue weighted by Crippen LogP contribution is 2.39. The normalized spacial score (nSPS) is 20.6. The maximum atomic E-state index is 14.2. The van der Waals surface area contributed by atoms with Gasteiger partial charge in [-0.3, -0.25) is 29.3 Å². The number of urea groups is 1. The van der Waals surface area contributed by atoms with E-state index in [2.05, 4.69) is 26.8 Å². The second-order valence-corrected chi connectivity index (χ2v) is 22.0. The predicted molar refractivity (Wildman–Crippen MR) is 287 cm³/mol. The van der Waals surface area contributed by atoms with Gasteiger partial charge in [0, 0.05) is 141 Å². The van der Waals surface area contributed by atoms with E-state index in [0.717, 1.165) is 68.1 Å². The van der Waals surface area contributed by atoms with Crippen LogP contribution in [0.4, 0.5) is 39.9 Å². The summed E-state index contributed by atoms with van der Waals surface area (Å²) in [7, 11) is 3.63. The minimum Gasteiger partial charge on any atom is -0.339 e. The molecule has 0 radical (unpaired) electrons. The van der Waals surface area contributed by atoms with Gasteiger partial charge in [0.25, 0.3) is 0 Å². The lowest BCUT2D eigenvalue weighted by molar-refractivity contribution is -0.140. The summed E-state index contributed by atoms with van der Waals surface area (Å²) < 4.78 is 107. The molecule has 4 aliphatic rings. The van der Waals surface area contributed by atoms with Gasteiger partial charge in [-0.15, -0.1) is 0 Å². The molecule has 4 aromatic carbocycles. The molecule has 4 unspecified atom stereocenters. The highest BCUT2D eigenvalue weighted by molar-refractivity contribution is 6.42. The molecule has 0 spiro atoms. The number of piperazine rings is 2. The summed E-state index contributed by atoms with van der Waals surface area (Å²) in [5.74, 6) is -2.91. The molecule has 4 fully saturated rings. The van der Waals surface area contributed by atoms with Gasteiger partial charge in [-0.2, -0.15) is 36.9 Å². The van der Waals surface area contributed by atoms with Crippen LogP contribution in [-0.2, 0) is 30.2 Å². The Kier molecular flexibility index (Phi) is 21.2. The lowest BCUT2D eigenvalue weighted by atomic mass is 9.93. The molecule has 0 bridgehead atoms. The van der Waals surface area contributed by atoms with E-state index in [1.807, 2.05) is 45.8 Å². The van der Waals surface area contributed by atoms with Crippen LogP contribution in [0.2, 0.25) is 20.1 Å². The van der Waals surface area contributed by atoms with Crippen LogP contribution in [0.1, 0.15) is 58.1 Å². The molecule has 4 saturated heterocycles. The second-order valence-electron chi connectivity index (χ2n) is 20.4. The smallest absolute Gasteiger partial charge is 0.339 e. The Labute approximate surface area is 475 Å². The van der Waals surface area contributed by atoms with Gasteiger partial charge in [-0.25, -0.2) is 13.6 Å². The van der Waals surface area contributed by atoms with Gasteiger partial charge in [0.1, 0.15) is 11.6 Å². The first-order valence-corrected chi connectivity index (χ1v) is 27.2. The molecule has 24 heteroatoms. The average molecular weight is 1190 g/mol. The van der Waals surface area contributed by atoms with Crippen LogP contribution in [0.3, 0.4) is 0 Å². The maximum absolute atomic E-state index is 14.2. The highest BCUT2D eigenvalue weighted by atomic mass is 35.5. The molecule has 4 heterocycles. The summed E-state index contributed by atoms with van der Waals surface area (Å²) in [5.41, 5.74) is -0.0131. The molecule has 4 aliphatic heterocycles. The van der Waals surface area contributed by atoms with Crippen LogP contribution in [0, 0.1) is 34.3 Å². The maximum Gasteiger partial charge on any atom is 0.419 e. The van der Waals surface area contributed by atoms with Crippen molar-refractivity contribution in [1.29, 1.82) is 10.5 Å². The number of likely N-dealkylation sites (N-methyl/N-ethyl adjacent to an activating group) is 2. The molecule has 0 aliphatic carbocycles. The summed E-state index contributed by atoms with van der Waals surface area (Å²) in [6.07, 6.45) is -8.59. The zero-order chi connectivity index (χ0) is 57.3. The van der Waals surface area contributed by atoms with Gasteiger partial charge in [-0.1, -0.05) is 70.7 Å². The number of amides is 3. The topological polar surface area (TPSA) is 108 Å². The number of hydrogen-bond acceptors (Lipinski definition) is 9. The molecule has 12 nitrogen and oxygen atoms in total. The third-order valence-corrected chi connectivity index (χ3v) is 16.6. The van der Waals surface area contributed by atoms with Gasteiger partial charge >= 0.3 is 18.4 Å². The molecular weight excluding hydrogens is 1130 g/mol. The number of likely N-dealkylation sites (tertiary alicyclic amines) is 2. The molecular formula is C55H60Cl4F8N10O2. The van der Waals surface area contributed by atoms with Gasteiger partial charge in [-0.05, 0) is 84.9 Å². The van der Waals surface area contributed by atoms with Crippen molar-refractivity contribution >= 4 is 58.3 Å². The van der Waals surface area contributed by atoms with Crippen LogP contribution < -0.4 is 0 Å². The van der Waals surface area contributed by atoms with E-state index in [1.54, 1.807) is 29.2 Å². The Balaban J connectivity index is 0.000000229. The summed E-state index contributed by atoms with van der Waals surface area (Å²) in [4.78, 5) is 42.6. The second kappa shape index (κ2) is 27.2. The van der Waals surface area contributed by atoms with E-state index in [1.165, 1.54) is 12.1 Å². The summed E-state index contributed by atoms with van der Waals surface area (Å²) in [6, 6.07) is 20.4. The molecule has 8 rings (SSSR count). The number of carbonyl (C=O) groups excluding carboxylic acids is 2. The zero-order valence-electron chi connectivity index (χ0n) is 43.5. The van der Waals surface area contributed by atoms with E-state index < -0.39 is 35.1 Å². The predicted octanol–water partition coefficient (Wildman–Crippen LogP) is 10.8. The van der Waals surface area contributed by atoms with Gasteiger partial charge in [0.05, 0.1) is 49.9 Å². The van der Waals surface area contributed by atoms with Crippen molar-refractivity contribution in [3.8, 4) is 12.1 Å². The van der Waals surface area contributed by atoms with Crippen LogP contribution in [0.25, 0.3) is 0 Å². The van der Waals surface area contributed by atoms with E-state index in [4.69, 9.17) is 56.9 Å². The summed E-state index contributed by atoms with van der Waals surface area (Å²) in [6.45, 7) is 9.32. The van der Waals surface area contributed by atoms with Gasteiger partial charge in [0.2, 0.25) is 5.91 Å². The molecule has 426 valence electrons. The third-order valence-electron chi connectivity index (χ3n) is 15.2. The third kappa shape index (κ3) is 16.1. The van der Waals surface area contributed by atoms with Gasteiger partial charge < -0.3 is 14.7 Å². The lowest BCUT2D eigenvalue weighted by Gasteiger charge is -2.36. The van der Waals surface area contributed by atoms with Crippen LogP contribution in [0.15, 0.2) is 72.8 Å². The number of halogens is 12. The van der Waals surface area contributed by atoms with E-state index in [-0.39, 0.29) is 55.5 Å². The fourth-order valence-corrected chi connectivity index (χ4v) is 11.4. The molecule has 3 amide bonds. The van der Waals surface area contributed by atoms with Crippen molar-refractivity contribution in [3.63, 3.8) is 0 Å². The summed E-state index contributed by atoms with van der Waals surface area (Å²) >= 11 is 24.9. The first kappa shape index (κ1) is 61.6. The zero-order valence-corrected chi connectivity index (χ0v) is 46.5. The fraction of sp³-hybridized carbons (Fsp3) is 0.491.